The lowest BCUT2D eigenvalue weighted by atomic mass is 10.3. The average molecular weight is 183 g/mol. The van der Waals surface area contributed by atoms with Crippen molar-refractivity contribution in [1.82, 2.24) is 0 Å². The topological polar surface area (TPSA) is 72.6 Å². The maximum absolute atomic E-state index is 10.4. The molecule has 13 heavy (non-hydrogen) atoms. The van der Waals surface area contributed by atoms with E-state index in [0.717, 1.165) is 0 Å². The van der Waals surface area contributed by atoms with E-state index in [1.165, 1.54) is 25.1 Å². The quantitative estimate of drug-likeness (QED) is 0.435. The highest BCUT2D eigenvalue weighted by atomic mass is 16.6. The largest absolute Gasteiger partial charge is 0.458 e. The van der Waals surface area contributed by atoms with Gasteiger partial charge in [-0.15, -0.1) is 0 Å². The molecule has 5 heteroatoms. The van der Waals surface area contributed by atoms with Gasteiger partial charge in [-0.25, -0.2) is 0 Å². The number of aliphatic hydroxyl groups is 1. The molecule has 5 nitrogen and oxygen atoms in total. The van der Waals surface area contributed by atoms with E-state index in [4.69, 9.17) is 9.84 Å². The monoisotopic (exact) mass is 183 g/mol. The molecule has 1 aromatic rings. The van der Waals surface area contributed by atoms with E-state index in [-0.39, 0.29) is 11.4 Å². The molecule has 0 heterocycles. The van der Waals surface area contributed by atoms with E-state index >= 15 is 0 Å². The number of hydrogen-bond acceptors (Lipinski definition) is 4. The predicted octanol–water partition coefficient (Wildman–Crippen LogP) is 1.31. The van der Waals surface area contributed by atoms with E-state index < -0.39 is 11.2 Å². The molecule has 1 aromatic carbocycles. The Morgan fingerprint density at radius 2 is 2.15 bits per heavy atom. The van der Waals surface area contributed by atoms with Crippen LogP contribution in [0.1, 0.15) is 6.92 Å². The first-order valence-electron chi connectivity index (χ1n) is 3.69. The first-order chi connectivity index (χ1) is 6.11. The lowest BCUT2D eigenvalue weighted by Crippen LogP contribution is -2.10. The first-order valence-corrected chi connectivity index (χ1v) is 3.69. The summed E-state index contributed by atoms with van der Waals surface area (Å²) in [5.41, 5.74) is -0.150. The standard InChI is InChI=1S/C8H9NO4/c1-6(10)13-8-5-3-2-4-7(8)9(11)12/h2-6,10H,1H3. The lowest BCUT2D eigenvalue weighted by Gasteiger charge is -2.07. The van der Waals surface area contributed by atoms with Crippen molar-refractivity contribution >= 4 is 5.69 Å². The van der Waals surface area contributed by atoms with Crippen molar-refractivity contribution in [1.29, 1.82) is 0 Å². The Bertz CT molecular complexity index is 311. The zero-order valence-corrected chi connectivity index (χ0v) is 7.01. The van der Waals surface area contributed by atoms with Gasteiger partial charge in [0.2, 0.25) is 0 Å². The number of nitro groups is 1. The minimum Gasteiger partial charge on any atom is -0.458 e. The Labute approximate surface area is 74.7 Å². The van der Waals surface area contributed by atoms with Crippen molar-refractivity contribution in [3.63, 3.8) is 0 Å². The summed E-state index contributed by atoms with van der Waals surface area (Å²) in [5.74, 6) is 0.0718. The van der Waals surface area contributed by atoms with Crippen LogP contribution in [0.15, 0.2) is 24.3 Å². The molecule has 70 valence electrons. The molecule has 0 saturated heterocycles. The Balaban J connectivity index is 2.98. The van der Waals surface area contributed by atoms with Gasteiger partial charge < -0.3 is 9.84 Å². The van der Waals surface area contributed by atoms with Gasteiger partial charge in [0.05, 0.1) is 4.92 Å². The molecule has 1 N–H and O–H groups in total. The highest BCUT2D eigenvalue weighted by Crippen LogP contribution is 2.26. The Morgan fingerprint density at radius 3 is 2.69 bits per heavy atom. The zero-order chi connectivity index (χ0) is 9.84. The molecule has 0 fully saturated rings. The highest BCUT2D eigenvalue weighted by molar-refractivity contribution is 5.45. The summed E-state index contributed by atoms with van der Waals surface area (Å²) < 4.78 is 4.82. The molecular formula is C8H9NO4. The summed E-state index contributed by atoms with van der Waals surface area (Å²) in [5, 5.41) is 19.3. The van der Waals surface area contributed by atoms with Gasteiger partial charge in [0.15, 0.2) is 12.0 Å². The second-order valence-corrected chi connectivity index (χ2v) is 2.44. The van der Waals surface area contributed by atoms with E-state index in [1.54, 1.807) is 6.07 Å². The molecule has 0 aliphatic carbocycles. The number of nitrogens with zero attached hydrogens (tertiary/aromatic N) is 1. The molecule has 0 amide bonds. The molecule has 1 atom stereocenters. The van der Waals surface area contributed by atoms with Crippen LogP contribution in [0, 0.1) is 10.1 Å². The average Bonchev–Trinajstić information content (AvgIpc) is 2.03. The fourth-order valence-corrected chi connectivity index (χ4v) is 0.891. The summed E-state index contributed by atoms with van der Waals surface area (Å²) in [6, 6.07) is 5.89. The van der Waals surface area contributed by atoms with Gasteiger partial charge in [-0.1, -0.05) is 12.1 Å². The van der Waals surface area contributed by atoms with E-state index in [9.17, 15) is 10.1 Å². The van der Waals surface area contributed by atoms with Gasteiger partial charge in [-0.05, 0) is 13.0 Å². The maximum Gasteiger partial charge on any atom is 0.311 e. The van der Waals surface area contributed by atoms with Crippen LogP contribution in [0.2, 0.25) is 0 Å². The molecule has 0 aromatic heterocycles. The van der Waals surface area contributed by atoms with Gasteiger partial charge in [0.1, 0.15) is 0 Å². The lowest BCUT2D eigenvalue weighted by molar-refractivity contribution is -0.386. The summed E-state index contributed by atoms with van der Waals surface area (Å²) in [7, 11) is 0. The molecule has 1 unspecified atom stereocenters. The number of para-hydroxylation sites is 2. The Morgan fingerprint density at radius 1 is 1.54 bits per heavy atom. The van der Waals surface area contributed by atoms with Crippen LogP contribution < -0.4 is 4.74 Å². The molecule has 0 radical (unpaired) electrons. The van der Waals surface area contributed by atoms with Crippen LogP contribution in [0.3, 0.4) is 0 Å². The molecule has 0 aliphatic rings. The molecule has 1 rings (SSSR count). The molecule has 0 aliphatic heterocycles. The minimum absolute atomic E-state index is 0.0718. The molecule has 0 spiro atoms. The number of aliphatic hydroxyl groups excluding tert-OH is 1. The molecule has 0 bridgehead atoms. The highest BCUT2D eigenvalue weighted by Gasteiger charge is 2.14. The summed E-state index contributed by atoms with van der Waals surface area (Å²) in [6.07, 6.45) is -1.05. The maximum atomic E-state index is 10.4. The van der Waals surface area contributed by atoms with Crippen LogP contribution in [-0.2, 0) is 0 Å². The third kappa shape index (κ3) is 2.41. The van der Waals surface area contributed by atoms with E-state index in [1.807, 2.05) is 0 Å². The van der Waals surface area contributed by atoms with E-state index in [2.05, 4.69) is 0 Å². The van der Waals surface area contributed by atoms with Gasteiger partial charge in [-0.3, -0.25) is 10.1 Å². The number of benzene rings is 1. The second kappa shape index (κ2) is 3.86. The number of ether oxygens (including phenoxy) is 1. The van der Waals surface area contributed by atoms with Gasteiger partial charge >= 0.3 is 5.69 Å². The number of rotatable bonds is 3. The normalized spacial score (nSPS) is 12.2. The fraction of sp³-hybridized carbons (Fsp3) is 0.250. The van der Waals surface area contributed by atoms with Gasteiger partial charge in [-0.2, -0.15) is 0 Å². The van der Waals surface area contributed by atoms with Crippen molar-refractivity contribution < 1.29 is 14.8 Å². The zero-order valence-electron chi connectivity index (χ0n) is 7.01. The number of nitro benzene ring substituents is 1. The minimum atomic E-state index is -1.05. The van der Waals surface area contributed by atoms with Crippen LogP contribution in [-0.4, -0.2) is 16.3 Å². The Kier molecular flexibility index (Phi) is 2.81. The first kappa shape index (κ1) is 9.47. The Hall–Kier alpha value is -1.62. The molecular weight excluding hydrogens is 174 g/mol. The van der Waals surface area contributed by atoms with Crippen LogP contribution >= 0.6 is 0 Å². The van der Waals surface area contributed by atoms with Crippen molar-refractivity contribution in [2.45, 2.75) is 13.2 Å². The van der Waals surface area contributed by atoms with Gasteiger partial charge in [0.25, 0.3) is 0 Å². The second-order valence-electron chi connectivity index (χ2n) is 2.44. The third-order valence-corrected chi connectivity index (χ3v) is 1.36. The number of hydrogen-bond donors (Lipinski definition) is 1. The van der Waals surface area contributed by atoms with Crippen LogP contribution in [0.4, 0.5) is 5.69 Å². The van der Waals surface area contributed by atoms with Crippen LogP contribution in [0.5, 0.6) is 5.75 Å². The molecule has 0 saturated carbocycles. The summed E-state index contributed by atoms with van der Waals surface area (Å²) >= 11 is 0. The fourth-order valence-electron chi connectivity index (χ4n) is 0.891. The summed E-state index contributed by atoms with van der Waals surface area (Å²) in [6.45, 7) is 1.39. The SMILES string of the molecule is CC(O)Oc1ccccc1[N+](=O)[O-]. The van der Waals surface area contributed by atoms with Crippen molar-refractivity contribution in [2.24, 2.45) is 0 Å². The predicted molar refractivity (Wildman–Crippen MR) is 45.4 cm³/mol. The van der Waals surface area contributed by atoms with Gasteiger partial charge in [0, 0.05) is 6.07 Å². The third-order valence-electron chi connectivity index (χ3n) is 1.36. The summed E-state index contributed by atoms with van der Waals surface area (Å²) in [4.78, 5) is 9.89. The van der Waals surface area contributed by atoms with E-state index in [0.29, 0.717) is 0 Å². The smallest absolute Gasteiger partial charge is 0.311 e. The van der Waals surface area contributed by atoms with Crippen molar-refractivity contribution in [3.05, 3.63) is 34.4 Å². The van der Waals surface area contributed by atoms with Crippen molar-refractivity contribution in [3.8, 4) is 5.75 Å². The van der Waals surface area contributed by atoms with Crippen LogP contribution in [0.25, 0.3) is 0 Å². The van der Waals surface area contributed by atoms with Crippen molar-refractivity contribution in [2.75, 3.05) is 0 Å².